The van der Waals surface area contributed by atoms with Crippen molar-refractivity contribution in [2.45, 2.75) is 56.7 Å². The number of aliphatic hydroxyl groups excluding tert-OH is 1. The molecule has 6 nitrogen and oxygen atoms in total. The summed E-state index contributed by atoms with van der Waals surface area (Å²) in [6.07, 6.45) is 5.51. The number of amides is 1. The molecule has 0 radical (unpaired) electrons. The Morgan fingerprint density at radius 1 is 1.32 bits per heavy atom. The van der Waals surface area contributed by atoms with Gasteiger partial charge in [-0.15, -0.1) is 0 Å². The first kappa shape index (κ1) is 14.3. The monoisotopic (exact) mass is 270 g/mol. The number of aliphatic hydroxyl groups is 1. The third-order valence-electron chi connectivity index (χ3n) is 4.21. The summed E-state index contributed by atoms with van der Waals surface area (Å²) in [5, 5.41) is 23.6. The van der Waals surface area contributed by atoms with Crippen molar-refractivity contribution in [1.82, 2.24) is 10.6 Å². The Bertz CT molecular complexity index is 334. The largest absolute Gasteiger partial charge is 0.480 e. The van der Waals surface area contributed by atoms with E-state index in [0.717, 1.165) is 19.3 Å². The minimum absolute atomic E-state index is 0.0423. The summed E-state index contributed by atoms with van der Waals surface area (Å²) < 4.78 is 0. The fourth-order valence-corrected chi connectivity index (χ4v) is 3.18. The van der Waals surface area contributed by atoms with Gasteiger partial charge in [0.2, 0.25) is 5.91 Å². The quantitative estimate of drug-likeness (QED) is 0.557. The third-order valence-corrected chi connectivity index (χ3v) is 4.21. The Hall–Kier alpha value is -1.14. The van der Waals surface area contributed by atoms with E-state index in [4.69, 9.17) is 10.2 Å². The zero-order valence-electron chi connectivity index (χ0n) is 11.0. The molecule has 4 atom stereocenters. The van der Waals surface area contributed by atoms with Crippen LogP contribution in [-0.2, 0) is 9.59 Å². The maximum atomic E-state index is 12.1. The number of carboxylic acid groups (broad SMARTS) is 1. The van der Waals surface area contributed by atoms with Crippen LogP contribution in [0.5, 0.6) is 0 Å². The lowest BCUT2D eigenvalue weighted by Gasteiger charge is -2.24. The molecule has 1 heterocycles. The maximum absolute atomic E-state index is 12.1. The Morgan fingerprint density at radius 3 is 2.68 bits per heavy atom. The summed E-state index contributed by atoms with van der Waals surface area (Å²) in [7, 11) is 0. The second-order valence-electron chi connectivity index (χ2n) is 5.52. The van der Waals surface area contributed by atoms with Gasteiger partial charge < -0.3 is 20.8 Å². The standard InChI is InChI=1S/C13H22N2O4/c16-6-5-10(13(18)19)15-12(17)11-7-8-3-1-2-4-9(8)14-11/h8-11,14,16H,1-7H2,(H,15,17)(H,18,19)/t8?,9?,10-,11?/m0/s1. The highest BCUT2D eigenvalue weighted by Gasteiger charge is 2.38. The summed E-state index contributed by atoms with van der Waals surface area (Å²) in [6, 6.07) is -0.874. The van der Waals surface area contributed by atoms with Crippen LogP contribution < -0.4 is 10.6 Å². The average molecular weight is 270 g/mol. The fourth-order valence-electron chi connectivity index (χ4n) is 3.18. The lowest BCUT2D eigenvalue weighted by Crippen LogP contribution is -2.49. The molecule has 1 saturated carbocycles. The first-order chi connectivity index (χ1) is 9.11. The molecule has 4 N–H and O–H groups in total. The van der Waals surface area contributed by atoms with Crippen LogP contribution in [0.3, 0.4) is 0 Å². The van der Waals surface area contributed by atoms with E-state index in [1.54, 1.807) is 0 Å². The number of fused-ring (bicyclic) bond motifs is 1. The topological polar surface area (TPSA) is 98.7 Å². The Balaban J connectivity index is 1.87. The number of carboxylic acids is 1. The highest BCUT2D eigenvalue weighted by atomic mass is 16.4. The Morgan fingerprint density at radius 2 is 2.05 bits per heavy atom. The van der Waals surface area contributed by atoms with Crippen LogP contribution in [0, 0.1) is 5.92 Å². The van der Waals surface area contributed by atoms with Gasteiger partial charge in [-0.1, -0.05) is 12.8 Å². The highest BCUT2D eigenvalue weighted by Crippen LogP contribution is 2.33. The molecule has 0 aromatic carbocycles. The van der Waals surface area contributed by atoms with Crippen LogP contribution in [0.1, 0.15) is 38.5 Å². The lowest BCUT2D eigenvalue weighted by molar-refractivity contribution is -0.142. The van der Waals surface area contributed by atoms with Crippen LogP contribution in [0.25, 0.3) is 0 Å². The van der Waals surface area contributed by atoms with E-state index in [1.165, 1.54) is 12.8 Å². The van der Waals surface area contributed by atoms with E-state index < -0.39 is 12.0 Å². The summed E-state index contributed by atoms with van der Waals surface area (Å²) in [5.74, 6) is -0.807. The molecule has 1 aliphatic heterocycles. The van der Waals surface area contributed by atoms with Crippen LogP contribution in [0.15, 0.2) is 0 Å². The van der Waals surface area contributed by atoms with Crippen LogP contribution >= 0.6 is 0 Å². The van der Waals surface area contributed by atoms with Gasteiger partial charge in [0, 0.05) is 19.1 Å². The smallest absolute Gasteiger partial charge is 0.326 e. The van der Waals surface area contributed by atoms with Crippen molar-refractivity contribution >= 4 is 11.9 Å². The predicted molar refractivity (Wildman–Crippen MR) is 68.6 cm³/mol. The lowest BCUT2D eigenvalue weighted by atomic mass is 9.85. The fraction of sp³-hybridized carbons (Fsp3) is 0.846. The Labute approximate surface area is 112 Å². The molecule has 108 valence electrons. The molecule has 2 fully saturated rings. The second-order valence-corrected chi connectivity index (χ2v) is 5.52. The first-order valence-electron chi connectivity index (χ1n) is 7.02. The number of carbonyl (C=O) groups excluding carboxylic acids is 1. The molecular weight excluding hydrogens is 248 g/mol. The predicted octanol–water partition coefficient (Wildman–Crippen LogP) is -0.141. The van der Waals surface area contributed by atoms with Crippen LogP contribution in [0.4, 0.5) is 0 Å². The van der Waals surface area contributed by atoms with Crippen molar-refractivity contribution in [2.24, 2.45) is 5.92 Å². The van der Waals surface area contributed by atoms with Crippen molar-refractivity contribution in [1.29, 1.82) is 0 Å². The molecule has 3 unspecified atom stereocenters. The van der Waals surface area contributed by atoms with Gasteiger partial charge in [-0.2, -0.15) is 0 Å². The van der Waals surface area contributed by atoms with Gasteiger partial charge in [0.15, 0.2) is 0 Å². The molecule has 0 aromatic rings. The molecular formula is C13H22N2O4. The average Bonchev–Trinajstić information content (AvgIpc) is 2.81. The molecule has 0 aromatic heterocycles. The molecule has 2 rings (SSSR count). The molecule has 19 heavy (non-hydrogen) atoms. The van der Waals surface area contributed by atoms with Gasteiger partial charge in [0.05, 0.1) is 6.04 Å². The molecule has 1 amide bonds. The number of aliphatic carboxylic acids is 1. The second kappa shape index (κ2) is 6.34. The van der Waals surface area contributed by atoms with Gasteiger partial charge in [-0.05, 0) is 25.2 Å². The molecule has 0 spiro atoms. The van der Waals surface area contributed by atoms with Crippen molar-refractivity contribution in [3.8, 4) is 0 Å². The van der Waals surface area contributed by atoms with E-state index >= 15 is 0 Å². The summed E-state index contributed by atoms with van der Waals surface area (Å²) in [5.41, 5.74) is 0. The molecule has 1 saturated heterocycles. The number of hydrogen-bond donors (Lipinski definition) is 4. The van der Waals surface area contributed by atoms with Crippen molar-refractivity contribution in [3.05, 3.63) is 0 Å². The molecule has 0 bridgehead atoms. The van der Waals surface area contributed by atoms with Gasteiger partial charge in [-0.3, -0.25) is 4.79 Å². The van der Waals surface area contributed by atoms with Gasteiger partial charge in [0.25, 0.3) is 0 Å². The Kier molecular flexibility index (Phi) is 4.76. The molecule has 2 aliphatic rings. The summed E-state index contributed by atoms with van der Waals surface area (Å²) in [6.45, 7) is -0.249. The number of hydrogen-bond acceptors (Lipinski definition) is 4. The molecule has 6 heteroatoms. The summed E-state index contributed by atoms with van der Waals surface area (Å²) >= 11 is 0. The minimum atomic E-state index is -1.10. The van der Waals surface area contributed by atoms with Crippen LogP contribution in [-0.4, -0.2) is 46.8 Å². The van der Waals surface area contributed by atoms with E-state index in [1.807, 2.05) is 0 Å². The molecule has 1 aliphatic carbocycles. The third kappa shape index (κ3) is 3.45. The zero-order valence-corrected chi connectivity index (χ0v) is 11.0. The van der Waals surface area contributed by atoms with E-state index in [2.05, 4.69) is 10.6 Å². The van der Waals surface area contributed by atoms with Gasteiger partial charge in [-0.25, -0.2) is 4.79 Å². The number of nitrogens with one attached hydrogen (secondary N) is 2. The summed E-state index contributed by atoms with van der Waals surface area (Å²) in [4.78, 5) is 23.0. The van der Waals surface area contributed by atoms with Gasteiger partial charge in [0.1, 0.15) is 6.04 Å². The van der Waals surface area contributed by atoms with Crippen LogP contribution in [0.2, 0.25) is 0 Å². The first-order valence-corrected chi connectivity index (χ1v) is 7.02. The van der Waals surface area contributed by atoms with E-state index in [0.29, 0.717) is 12.0 Å². The number of rotatable bonds is 5. The van der Waals surface area contributed by atoms with E-state index in [-0.39, 0.29) is 25.0 Å². The van der Waals surface area contributed by atoms with Crippen molar-refractivity contribution < 1.29 is 19.8 Å². The number of carbonyl (C=O) groups is 2. The van der Waals surface area contributed by atoms with Crippen molar-refractivity contribution in [2.75, 3.05) is 6.61 Å². The SMILES string of the molecule is O=C(N[C@@H](CCO)C(=O)O)C1CC2CCCCC2N1. The van der Waals surface area contributed by atoms with E-state index in [9.17, 15) is 9.59 Å². The zero-order chi connectivity index (χ0) is 13.8. The van der Waals surface area contributed by atoms with Crippen molar-refractivity contribution in [3.63, 3.8) is 0 Å². The minimum Gasteiger partial charge on any atom is -0.480 e. The highest BCUT2D eigenvalue weighted by molar-refractivity contribution is 5.87. The maximum Gasteiger partial charge on any atom is 0.326 e. The van der Waals surface area contributed by atoms with Gasteiger partial charge >= 0.3 is 5.97 Å². The normalized spacial score (nSPS) is 31.5.